The maximum atomic E-state index is 12.2. The molecule has 122 valence electrons. The lowest BCUT2D eigenvalue weighted by molar-refractivity contribution is 0.0223. The van der Waals surface area contributed by atoms with Crippen molar-refractivity contribution < 1.29 is 14.3 Å². The summed E-state index contributed by atoms with van der Waals surface area (Å²) < 4.78 is 11.2. The molecule has 0 spiro atoms. The number of carbonyl (C=O) groups is 1. The topological polar surface area (TPSA) is 38.8 Å². The minimum absolute atomic E-state index is 0.258. The van der Waals surface area contributed by atoms with E-state index < -0.39 is 5.60 Å². The zero-order valence-electron chi connectivity index (χ0n) is 13.5. The summed E-state index contributed by atoms with van der Waals surface area (Å²) in [5, 5.41) is 0. The highest BCUT2D eigenvalue weighted by molar-refractivity contribution is 6.17. The largest absolute Gasteiger partial charge is 0.493 e. The predicted octanol–water partition coefficient (Wildman–Crippen LogP) is 3.99. The Kier molecular flexibility index (Phi) is 5.57. The van der Waals surface area contributed by atoms with E-state index in [1.807, 2.05) is 39.0 Å². The Balaban J connectivity index is 2.05. The molecule has 0 saturated carbocycles. The second-order valence-electron chi connectivity index (χ2n) is 6.44. The van der Waals surface area contributed by atoms with E-state index in [2.05, 4.69) is 0 Å². The molecule has 1 aromatic carbocycles. The van der Waals surface area contributed by atoms with Gasteiger partial charge in [0.2, 0.25) is 0 Å². The van der Waals surface area contributed by atoms with E-state index in [4.69, 9.17) is 21.1 Å². The van der Waals surface area contributed by atoms with Crippen LogP contribution in [0.5, 0.6) is 5.75 Å². The van der Waals surface area contributed by atoms with Crippen molar-refractivity contribution >= 4 is 17.7 Å². The van der Waals surface area contributed by atoms with Crippen molar-refractivity contribution in [1.29, 1.82) is 0 Å². The zero-order chi connectivity index (χ0) is 16.2. The van der Waals surface area contributed by atoms with Gasteiger partial charge in [-0.1, -0.05) is 12.1 Å². The number of ether oxygens (including phenoxy) is 2. The van der Waals surface area contributed by atoms with E-state index in [0.717, 1.165) is 24.2 Å². The fourth-order valence-corrected chi connectivity index (χ4v) is 2.54. The number of carbonyl (C=O) groups excluding carboxylic acids is 1. The molecule has 0 N–H and O–H groups in total. The molecule has 0 radical (unpaired) electrons. The van der Waals surface area contributed by atoms with Crippen molar-refractivity contribution in [1.82, 2.24) is 4.90 Å². The highest BCUT2D eigenvalue weighted by atomic mass is 35.5. The van der Waals surface area contributed by atoms with Crippen LogP contribution in [-0.4, -0.2) is 35.6 Å². The molecule has 0 aromatic heterocycles. The second kappa shape index (κ2) is 7.23. The SMILES string of the molecule is CC(C)(C)OC(=O)N1CCc2c(cccc2OCCCCl)C1. The first kappa shape index (κ1) is 16.9. The first-order valence-electron chi connectivity index (χ1n) is 7.68. The minimum atomic E-state index is -0.468. The van der Waals surface area contributed by atoms with Gasteiger partial charge in [-0.3, -0.25) is 0 Å². The molecule has 0 atom stereocenters. The van der Waals surface area contributed by atoms with Crippen LogP contribution in [0.2, 0.25) is 0 Å². The fourth-order valence-electron chi connectivity index (χ4n) is 2.43. The molecule has 1 aliphatic heterocycles. The summed E-state index contributed by atoms with van der Waals surface area (Å²) in [5.41, 5.74) is 1.85. The normalized spacial score (nSPS) is 14.5. The molecular weight excluding hydrogens is 302 g/mol. The molecule has 0 fully saturated rings. The van der Waals surface area contributed by atoms with Crippen LogP contribution in [0.3, 0.4) is 0 Å². The van der Waals surface area contributed by atoms with Crippen molar-refractivity contribution in [3.8, 4) is 5.75 Å². The number of hydrogen-bond donors (Lipinski definition) is 0. The first-order valence-corrected chi connectivity index (χ1v) is 8.21. The van der Waals surface area contributed by atoms with Gasteiger partial charge in [-0.15, -0.1) is 11.6 Å². The smallest absolute Gasteiger partial charge is 0.410 e. The lowest BCUT2D eigenvalue weighted by Gasteiger charge is -2.31. The van der Waals surface area contributed by atoms with Gasteiger partial charge < -0.3 is 14.4 Å². The second-order valence-corrected chi connectivity index (χ2v) is 6.81. The van der Waals surface area contributed by atoms with Crippen LogP contribution in [0.4, 0.5) is 4.79 Å². The standard InChI is InChI=1S/C17H24ClNO3/c1-17(2,3)22-16(20)19-10-8-14-13(12-19)6-4-7-15(14)21-11-5-9-18/h4,6-7H,5,8-12H2,1-3H3. The average molecular weight is 326 g/mol. The van der Waals surface area contributed by atoms with Crippen LogP contribution >= 0.6 is 11.6 Å². The van der Waals surface area contributed by atoms with E-state index in [9.17, 15) is 4.79 Å². The van der Waals surface area contributed by atoms with Gasteiger partial charge in [0.25, 0.3) is 0 Å². The number of rotatable bonds is 4. The van der Waals surface area contributed by atoms with E-state index in [1.54, 1.807) is 4.90 Å². The summed E-state index contributed by atoms with van der Waals surface area (Å²) in [6.07, 6.45) is 1.35. The van der Waals surface area contributed by atoms with Crippen molar-refractivity contribution in [2.45, 2.75) is 45.8 Å². The molecular formula is C17H24ClNO3. The number of alkyl halides is 1. The molecule has 5 heteroatoms. The molecule has 22 heavy (non-hydrogen) atoms. The summed E-state index contributed by atoms with van der Waals surface area (Å²) in [6.45, 7) is 7.48. The number of fused-ring (bicyclic) bond motifs is 1. The third kappa shape index (κ3) is 4.54. The highest BCUT2D eigenvalue weighted by Gasteiger charge is 2.26. The quantitative estimate of drug-likeness (QED) is 0.620. The predicted molar refractivity (Wildman–Crippen MR) is 87.6 cm³/mol. The Bertz CT molecular complexity index is 525. The molecule has 0 saturated heterocycles. The van der Waals surface area contributed by atoms with Crippen LogP contribution in [0.25, 0.3) is 0 Å². The van der Waals surface area contributed by atoms with Crippen molar-refractivity contribution in [2.24, 2.45) is 0 Å². The van der Waals surface area contributed by atoms with Crippen LogP contribution < -0.4 is 4.74 Å². The molecule has 0 unspecified atom stereocenters. The number of nitrogens with zero attached hydrogens (tertiary/aromatic N) is 1. The monoisotopic (exact) mass is 325 g/mol. The van der Waals surface area contributed by atoms with Gasteiger partial charge in [0, 0.05) is 24.5 Å². The molecule has 1 amide bonds. The van der Waals surface area contributed by atoms with Crippen molar-refractivity contribution in [3.05, 3.63) is 29.3 Å². The summed E-state index contributed by atoms with van der Waals surface area (Å²) in [6, 6.07) is 5.99. The maximum absolute atomic E-state index is 12.2. The lowest BCUT2D eigenvalue weighted by atomic mass is 9.99. The number of halogens is 1. The highest BCUT2D eigenvalue weighted by Crippen LogP contribution is 2.28. The Hall–Kier alpha value is -1.42. The van der Waals surface area contributed by atoms with Gasteiger partial charge in [-0.05, 0) is 45.2 Å². The van der Waals surface area contributed by atoms with Crippen molar-refractivity contribution in [2.75, 3.05) is 19.0 Å². The zero-order valence-corrected chi connectivity index (χ0v) is 14.3. The molecule has 1 aromatic rings. The van der Waals surface area contributed by atoms with Crippen LogP contribution in [-0.2, 0) is 17.7 Å². The van der Waals surface area contributed by atoms with Crippen LogP contribution in [0, 0.1) is 0 Å². The molecule has 1 aliphatic rings. The molecule has 4 nitrogen and oxygen atoms in total. The maximum Gasteiger partial charge on any atom is 0.410 e. The number of amides is 1. The van der Waals surface area contributed by atoms with E-state index in [1.165, 1.54) is 5.56 Å². The Morgan fingerprint density at radius 3 is 2.82 bits per heavy atom. The third-order valence-corrected chi connectivity index (χ3v) is 3.68. The van der Waals surface area contributed by atoms with Crippen LogP contribution in [0.1, 0.15) is 38.3 Å². The van der Waals surface area contributed by atoms with E-state index in [0.29, 0.717) is 25.6 Å². The van der Waals surface area contributed by atoms with Crippen molar-refractivity contribution in [3.63, 3.8) is 0 Å². The van der Waals surface area contributed by atoms with E-state index in [-0.39, 0.29) is 6.09 Å². The van der Waals surface area contributed by atoms with Gasteiger partial charge in [0.1, 0.15) is 11.4 Å². The molecule has 2 rings (SSSR count). The molecule has 0 aliphatic carbocycles. The fraction of sp³-hybridized carbons (Fsp3) is 0.588. The Morgan fingerprint density at radius 1 is 1.36 bits per heavy atom. The number of benzene rings is 1. The summed E-state index contributed by atoms with van der Waals surface area (Å²) in [4.78, 5) is 13.9. The summed E-state index contributed by atoms with van der Waals surface area (Å²) >= 11 is 5.68. The van der Waals surface area contributed by atoms with Gasteiger partial charge in [-0.2, -0.15) is 0 Å². The minimum Gasteiger partial charge on any atom is -0.493 e. The third-order valence-electron chi connectivity index (χ3n) is 3.41. The first-order chi connectivity index (χ1) is 10.4. The number of hydrogen-bond acceptors (Lipinski definition) is 3. The Morgan fingerprint density at radius 2 is 2.14 bits per heavy atom. The lowest BCUT2D eigenvalue weighted by Crippen LogP contribution is -2.40. The van der Waals surface area contributed by atoms with Gasteiger partial charge in [0.15, 0.2) is 0 Å². The van der Waals surface area contributed by atoms with Gasteiger partial charge >= 0.3 is 6.09 Å². The summed E-state index contributed by atoms with van der Waals surface area (Å²) in [5.74, 6) is 1.51. The average Bonchev–Trinajstić information content (AvgIpc) is 2.45. The van der Waals surface area contributed by atoms with Gasteiger partial charge in [0.05, 0.1) is 6.61 Å². The molecule has 0 bridgehead atoms. The molecule has 1 heterocycles. The summed E-state index contributed by atoms with van der Waals surface area (Å²) in [7, 11) is 0. The van der Waals surface area contributed by atoms with Gasteiger partial charge in [-0.25, -0.2) is 4.79 Å². The van der Waals surface area contributed by atoms with Crippen LogP contribution in [0.15, 0.2) is 18.2 Å². The Labute approximate surface area is 137 Å². The van der Waals surface area contributed by atoms with E-state index >= 15 is 0 Å².